The van der Waals surface area contributed by atoms with Crippen LogP contribution in [-0.2, 0) is 18.7 Å². The van der Waals surface area contributed by atoms with Crippen LogP contribution in [0.4, 0.5) is 0 Å². The van der Waals surface area contributed by atoms with Crippen molar-refractivity contribution in [3.05, 3.63) is 187 Å². The zero-order valence-electron chi connectivity index (χ0n) is 32.7. The van der Waals surface area contributed by atoms with Gasteiger partial charge in [0.05, 0.1) is 5.69 Å². The summed E-state index contributed by atoms with van der Waals surface area (Å²) in [6, 6.07) is 30.5. The van der Waals surface area contributed by atoms with Gasteiger partial charge in [-0.05, 0) is 113 Å². The fourth-order valence-electron chi connectivity index (χ4n) is 4.24. The molecule has 2 aromatic carbocycles. The maximum absolute atomic E-state index is 11.7. The van der Waals surface area contributed by atoms with Crippen LogP contribution < -0.4 is 48.1 Å². The Kier molecular flexibility index (Phi) is 34.9. The van der Waals surface area contributed by atoms with E-state index in [1.165, 1.54) is 12.6 Å². The second kappa shape index (κ2) is 34.4. The van der Waals surface area contributed by atoms with Crippen molar-refractivity contribution in [3.63, 3.8) is 0 Å². The van der Waals surface area contributed by atoms with Gasteiger partial charge in [-0.3, -0.25) is 14.8 Å². The van der Waals surface area contributed by atoms with E-state index in [1.54, 1.807) is 37.9 Å². The number of nitrogens with one attached hydrogen (secondary N) is 1. The number of carbonyl (C=O) groups excluding carboxylic acids is 1. The summed E-state index contributed by atoms with van der Waals surface area (Å²) in [6.07, 6.45) is 11.1. The number of pyridine rings is 4. The van der Waals surface area contributed by atoms with Crippen molar-refractivity contribution in [1.82, 2.24) is 25.3 Å². The number of benzene rings is 2. The van der Waals surface area contributed by atoms with E-state index in [9.17, 15) is 9.90 Å². The topological polar surface area (TPSA) is 116 Å². The molecule has 6 rings (SSSR count). The Balaban J connectivity index is -0.000000675. The SMILES string of the molecule is C.C.CN=C([O-])c1ncccc1C.CNC(=O)c1ncccc1CCc1cccc(Cl)c1.Cc1[c-]nccc1.Cc1cccnc1Br.ClCc1cccc(Cl)c1.[Li+].[Li+]. The van der Waals surface area contributed by atoms with Crippen molar-refractivity contribution in [2.75, 3.05) is 14.1 Å². The Morgan fingerprint density at radius 3 is 1.71 bits per heavy atom. The molecule has 1 amide bonds. The van der Waals surface area contributed by atoms with Gasteiger partial charge in [0.2, 0.25) is 0 Å². The molecule has 0 unspecified atom stereocenters. The smallest absolute Gasteiger partial charge is 0.857 e. The molecule has 1 N–H and O–H groups in total. The minimum atomic E-state index is -0.261. The van der Waals surface area contributed by atoms with Crippen molar-refractivity contribution in [2.24, 2.45) is 4.99 Å². The van der Waals surface area contributed by atoms with Gasteiger partial charge < -0.3 is 20.4 Å². The van der Waals surface area contributed by atoms with E-state index < -0.39 is 0 Å². The second-order valence-corrected chi connectivity index (χ2v) is 13.1. The average Bonchev–Trinajstić information content (AvgIpc) is 3.19. The van der Waals surface area contributed by atoms with Gasteiger partial charge in [0.25, 0.3) is 5.91 Å². The molecule has 0 aliphatic heterocycles. The van der Waals surface area contributed by atoms with Gasteiger partial charge in [0, 0.05) is 54.5 Å². The third kappa shape index (κ3) is 23.8. The minimum Gasteiger partial charge on any atom is -0.857 e. The molecular weight excluding hydrogens is 845 g/mol. The number of aromatic nitrogens is 4. The summed E-state index contributed by atoms with van der Waals surface area (Å²) >= 11 is 20.4. The number of carbonyl (C=O) groups is 1. The molecule has 0 aliphatic rings. The van der Waals surface area contributed by atoms with Gasteiger partial charge in [-0.1, -0.05) is 99.8 Å². The van der Waals surface area contributed by atoms with Crippen LogP contribution in [0.2, 0.25) is 10.0 Å². The Hall–Kier alpha value is -3.48. The number of aliphatic imine (C=N–C) groups is 1. The van der Waals surface area contributed by atoms with Crippen molar-refractivity contribution in [3.8, 4) is 0 Å². The zero-order chi connectivity index (χ0) is 39.7. The average molecular weight is 895 g/mol. The Morgan fingerprint density at radius 1 is 0.741 bits per heavy atom. The molecule has 298 valence electrons. The monoisotopic (exact) mass is 892 g/mol. The molecule has 0 bridgehead atoms. The summed E-state index contributed by atoms with van der Waals surface area (Å²) < 4.78 is 0.931. The summed E-state index contributed by atoms with van der Waals surface area (Å²) in [5, 5.41) is 15.1. The van der Waals surface area contributed by atoms with Gasteiger partial charge in [-0.2, -0.15) is 12.1 Å². The van der Waals surface area contributed by atoms with E-state index >= 15 is 0 Å². The van der Waals surface area contributed by atoms with Crippen molar-refractivity contribution in [1.29, 1.82) is 0 Å². The Labute approximate surface area is 393 Å². The van der Waals surface area contributed by atoms with E-state index in [4.69, 9.17) is 34.8 Å². The van der Waals surface area contributed by atoms with Crippen molar-refractivity contribution in [2.45, 2.75) is 54.3 Å². The van der Waals surface area contributed by atoms with Crippen molar-refractivity contribution < 1.29 is 47.6 Å². The number of hydrogen-bond acceptors (Lipinski definition) is 7. The van der Waals surface area contributed by atoms with Gasteiger partial charge in [0.15, 0.2) is 0 Å². The fraction of sp³-hybridized carbons (Fsp3) is 0.227. The second-order valence-electron chi connectivity index (χ2n) is 11.2. The van der Waals surface area contributed by atoms with Gasteiger partial charge in [-0.15, -0.1) is 17.2 Å². The standard InChI is InChI=1S/C15H15ClN2O.C8H10N2O.C7H6Cl2.C6H6BrN.C6H6N.2CH4.2Li/c1-17-15(19)14-12(5-3-9-18-14)8-7-11-4-2-6-13(16)10-11;1-6-4-3-5-10-7(6)8(11)9-2;8-5-6-2-1-3-7(9)4-6;1-5-3-2-4-8-6(5)7;1-6-3-2-4-7-5-6;;;;/h2-6,9-10H,7-8H2,1H3,(H,17,19);3-5H,1-2H3,(H,9,11);1-4H,5H2;2-4H,1H3;2-4H,1H3;2*1H4;;/q;;;;-1;;;2*+1/p-1. The molecule has 0 saturated heterocycles. The zero-order valence-corrected chi connectivity index (χ0v) is 36.6. The van der Waals surface area contributed by atoms with E-state index in [-0.39, 0.29) is 64.4 Å². The summed E-state index contributed by atoms with van der Waals surface area (Å²) in [7, 11) is 3.08. The molecule has 14 heteroatoms. The number of hydrogen-bond donors (Lipinski definition) is 1. The van der Waals surface area contributed by atoms with E-state index in [2.05, 4.69) is 52.4 Å². The molecule has 8 nitrogen and oxygen atoms in total. The summed E-state index contributed by atoms with van der Waals surface area (Å²) in [5.41, 5.74) is 7.21. The molecule has 4 heterocycles. The first kappa shape index (κ1) is 58.8. The summed E-state index contributed by atoms with van der Waals surface area (Å²) in [6.45, 7) is 5.81. The number of halogens is 4. The predicted molar refractivity (Wildman–Crippen MR) is 237 cm³/mol. The molecule has 4 aromatic heterocycles. The Bertz CT molecular complexity index is 2030. The number of alkyl halides is 1. The van der Waals surface area contributed by atoms with E-state index in [1.807, 2.05) is 112 Å². The molecule has 0 saturated carbocycles. The number of rotatable bonds is 6. The van der Waals surface area contributed by atoms with Crippen LogP contribution in [0.15, 0.2) is 131 Å². The fourth-order valence-corrected chi connectivity index (χ4v) is 5.09. The molecule has 6 aromatic rings. The largest absolute Gasteiger partial charge is 1.00 e. The first-order valence-electron chi connectivity index (χ1n) is 16.6. The summed E-state index contributed by atoms with van der Waals surface area (Å²) in [5.74, 6) is 0.116. The summed E-state index contributed by atoms with van der Waals surface area (Å²) in [4.78, 5) is 31.0. The van der Waals surface area contributed by atoms with Gasteiger partial charge in [0.1, 0.15) is 10.3 Å². The van der Waals surface area contributed by atoms with E-state index in [0.29, 0.717) is 17.3 Å². The van der Waals surface area contributed by atoms with Gasteiger partial charge in [-0.25, -0.2) is 4.98 Å². The van der Waals surface area contributed by atoms with Crippen LogP contribution in [0, 0.1) is 27.0 Å². The first-order chi connectivity index (χ1) is 26.0. The van der Waals surface area contributed by atoms with Gasteiger partial charge >= 0.3 is 37.7 Å². The number of aryl methyl sites for hydroxylation is 5. The van der Waals surface area contributed by atoms with Crippen LogP contribution in [0.1, 0.15) is 64.4 Å². The van der Waals surface area contributed by atoms with Crippen LogP contribution in [-0.4, -0.2) is 45.8 Å². The van der Waals surface area contributed by atoms with Crippen LogP contribution >= 0.6 is 50.7 Å². The molecule has 58 heavy (non-hydrogen) atoms. The molecule has 0 radical (unpaired) electrons. The molecule has 0 spiro atoms. The van der Waals surface area contributed by atoms with Crippen LogP contribution in [0.3, 0.4) is 0 Å². The van der Waals surface area contributed by atoms with E-state index in [0.717, 1.165) is 55.3 Å². The molecular formula is C44H50BrCl3Li2N6O2. The van der Waals surface area contributed by atoms with Crippen LogP contribution in [0.5, 0.6) is 0 Å². The quantitative estimate of drug-likeness (QED) is 0.0648. The number of nitrogens with zero attached hydrogens (tertiary/aromatic N) is 5. The molecule has 0 aliphatic carbocycles. The number of amides is 1. The predicted octanol–water partition coefficient (Wildman–Crippen LogP) is 4.71. The third-order valence-electron chi connectivity index (χ3n) is 7.06. The normalized spacial score (nSPS) is 9.36. The molecule has 0 atom stereocenters. The van der Waals surface area contributed by atoms with Crippen molar-refractivity contribution >= 4 is 62.5 Å². The minimum absolute atomic E-state index is 0. The van der Waals surface area contributed by atoms with Crippen LogP contribution in [0.25, 0.3) is 0 Å². The molecule has 0 fully saturated rings. The third-order valence-corrected chi connectivity index (χ3v) is 8.67. The first-order valence-corrected chi connectivity index (χ1v) is 18.7. The maximum Gasteiger partial charge on any atom is 1.00 e. The maximum atomic E-state index is 11.7. The Morgan fingerprint density at radius 2 is 1.28 bits per heavy atom.